The Morgan fingerprint density at radius 1 is 1.15 bits per heavy atom. The lowest BCUT2D eigenvalue weighted by Gasteiger charge is -2.10. The molecule has 2 aromatic rings. The van der Waals surface area contributed by atoms with Gasteiger partial charge in [-0.1, -0.05) is 41.6 Å². The van der Waals surface area contributed by atoms with Gasteiger partial charge in [-0.2, -0.15) is 8.78 Å². The van der Waals surface area contributed by atoms with Crippen molar-refractivity contribution in [3.05, 3.63) is 64.7 Å². The average Bonchev–Trinajstić information content (AvgIpc) is 2.62. The van der Waals surface area contributed by atoms with Crippen LogP contribution in [0.5, 0.6) is 0 Å². The van der Waals surface area contributed by atoms with E-state index in [1.54, 1.807) is 36.4 Å². The summed E-state index contributed by atoms with van der Waals surface area (Å²) >= 11 is 6.20. The molecule has 8 heteroatoms. The summed E-state index contributed by atoms with van der Waals surface area (Å²) in [7, 11) is 1.54. The molecule has 0 fully saturated rings. The highest BCUT2D eigenvalue weighted by Gasteiger charge is 2.14. The highest BCUT2D eigenvalue weighted by atomic mass is 35.5. The van der Waals surface area contributed by atoms with E-state index in [4.69, 9.17) is 11.6 Å². The van der Waals surface area contributed by atoms with Gasteiger partial charge >= 0.3 is 0 Å². The summed E-state index contributed by atoms with van der Waals surface area (Å²) in [6, 6.07) is 11.2. The standard InChI is InChI=1S/C18H15ClF2N2O2S/c1-22-17(25)12-8-5-11(6-9-12)7-10-15(24)23-14-4-2-3-13(19)16(14)26-18(20)21/h2-10,18H,1H3,(H,22,25)(H,23,24)/b10-7+. The summed E-state index contributed by atoms with van der Waals surface area (Å²) in [4.78, 5) is 23.6. The second-order valence-corrected chi connectivity index (χ2v) is 6.43. The number of halogens is 3. The van der Waals surface area contributed by atoms with E-state index in [-0.39, 0.29) is 33.3 Å². The Bertz CT molecular complexity index is 826. The van der Waals surface area contributed by atoms with Gasteiger partial charge in [0, 0.05) is 18.7 Å². The fourth-order valence-corrected chi connectivity index (χ4v) is 2.97. The maximum Gasteiger partial charge on any atom is 0.289 e. The number of amides is 2. The summed E-state index contributed by atoms with van der Waals surface area (Å²) < 4.78 is 25.3. The summed E-state index contributed by atoms with van der Waals surface area (Å²) in [6.45, 7) is 0. The molecule has 0 saturated carbocycles. The Kier molecular flexibility index (Phi) is 7.17. The second-order valence-electron chi connectivity index (χ2n) is 5.02. The molecule has 0 aliphatic heterocycles. The van der Waals surface area contributed by atoms with Crippen molar-refractivity contribution in [2.45, 2.75) is 10.7 Å². The number of alkyl halides is 2. The van der Waals surface area contributed by atoms with E-state index in [1.807, 2.05) is 0 Å². The fourth-order valence-electron chi connectivity index (χ4n) is 2.05. The number of rotatable bonds is 6. The molecule has 2 aromatic carbocycles. The van der Waals surface area contributed by atoms with E-state index in [9.17, 15) is 18.4 Å². The van der Waals surface area contributed by atoms with Crippen LogP contribution in [0.25, 0.3) is 6.08 Å². The number of nitrogens with one attached hydrogen (secondary N) is 2. The first-order valence-corrected chi connectivity index (χ1v) is 8.71. The SMILES string of the molecule is CNC(=O)c1ccc(/C=C/C(=O)Nc2cccc(Cl)c2SC(F)F)cc1. The molecule has 0 bridgehead atoms. The average molecular weight is 397 g/mol. The van der Waals surface area contributed by atoms with Crippen LogP contribution in [-0.2, 0) is 4.79 Å². The molecule has 0 aliphatic carbocycles. The molecule has 136 valence electrons. The van der Waals surface area contributed by atoms with Crippen molar-refractivity contribution in [2.75, 3.05) is 12.4 Å². The van der Waals surface area contributed by atoms with Crippen molar-refractivity contribution in [3.63, 3.8) is 0 Å². The van der Waals surface area contributed by atoms with Gasteiger partial charge in [0.15, 0.2) is 0 Å². The molecule has 2 amide bonds. The molecule has 0 saturated heterocycles. The Labute approximate surface area is 158 Å². The Morgan fingerprint density at radius 3 is 2.46 bits per heavy atom. The smallest absolute Gasteiger partial charge is 0.289 e. The molecule has 4 nitrogen and oxygen atoms in total. The van der Waals surface area contributed by atoms with Crippen LogP contribution in [-0.4, -0.2) is 24.6 Å². The lowest BCUT2D eigenvalue weighted by atomic mass is 10.1. The number of hydrogen-bond donors (Lipinski definition) is 2. The van der Waals surface area contributed by atoms with Gasteiger partial charge in [-0.25, -0.2) is 0 Å². The lowest BCUT2D eigenvalue weighted by molar-refractivity contribution is -0.111. The number of anilines is 1. The summed E-state index contributed by atoms with van der Waals surface area (Å²) in [5.74, 6) is -3.35. The first-order chi connectivity index (χ1) is 12.4. The van der Waals surface area contributed by atoms with Gasteiger partial charge in [-0.05, 0) is 35.9 Å². The maximum absolute atomic E-state index is 12.7. The molecular formula is C18H15ClF2N2O2S. The Morgan fingerprint density at radius 2 is 1.85 bits per heavy atom. The zero-order valence-corrected chi connectivity index (χ0v) is 15.2. The largest absolute Gasteiger partial charge is 0.355 e. The van der Waals surface area contributed by atoms with Crippen molar-refractivity contribution in [1.82, 2.24) is 5.32 Å². The van der Waals surface area contributed by atoms with Gasteiger partial charge in [0.25, 0.3) is 11.7 Å². The van der Waals surface area contributed by atoms with Crippen molar-refractivity contribution in [1.29, 1.82) is 0 Å². The highest BCUT2D eigenvalue weighted by Crippen LogP contribution is 2.37. The van der Waals surface area contributed by atoms with Crippen LogP contribution < -0.4 is 10.6 Å². The molecule has 2 N–H and O–H groups in total. The summed E-state index contributed by atoms with van der Waals surface area (Å²) in [5.41, 5.74) is 1.43. The first kappa shape index (κ1) is 19.9. The van der Waals surface area contributed by atoms with Crippen LogP contribution in [0.2, 0.25) is 5.02 Å². The topological polar surface area (TPSA) is 58.2 Å². The minimum atomic E-state index is -2.65. The molecular weight excluding hydrogens is 382 g/mol. The zero-order chi connectivity index (χ0) is 19.1. The van der Waals surface area contributed by atoms with E-state index in [0.29, 0.717) is 11.1 Å². The van der Waals surface area contributed by atoms with E-state index in [2.05, 4.69) is 10.6 Å². The molecule has 0 aromatic heterocycles. The van der Waals surface area contributed by atoms with Crippen molar-refractivity contribution < 1.29 is 18.4 Å². The van der Waals surface area contributed by atoms with Crippen molar-refractivity contribution in [3.8, 4) is 0 Å². The van der Waals surface area contributed by atoms with Gasteiger partial charge < -0.3 is 10.6 Å². The van der Waals surface area contributed by atoms with Crippen LogP contribution >= 0.6 is 23.4 Å². The normalized spacial score (nSPS) is 11.0. The number of carbonyl (C=O) groups excluding carboxylic acids is 2. The van der Waals surface area contributed by atoms with E-state index in [1.165, 1.54) is 25.3 Å². The third kappa shape index (κ3) is 5.57. The molecule has 0 aliphatic rings. The number of thioether (sulfide) groups is 1. The van der Waals surface area contributed by atoms with E-state index in [0.717, 1.165) is 0 Å². The second kappa shape index (κ2) is 9.35. The molecule has 0 unspecified atom stereocenters. The highest BCUT2D eigenvalue weighted by molar-refractivity contribution is 7.99. The van der Waals surface area contributed by atoms with Gasteiger partial charge in [0.05, 0.1) is 15.6 Å². The molecule has 0 atom stereocenters. The Hall–Kier alpha value is -2.38. The fraction of sp³-hybridized carbons (Fsp3) is 0.111. The zero-order valence-electron chi connectivity index (χ0n) is 13.6. The molecule has 26 heavy (non-hydrogen) atoms. The van der Waals surface area contributed by atoms with Crippen LogP contribution in [0, 0.1) is 0 Å². The van der Waals surface area contributed by atoms with Crippen LogP contribution in [0.4, 0.5) is 14.5 Å². The number of hydrogen-bond acceptors (Lipinski definition) is 3. The van der Waals surface area contributed by atoms with E-state index >= 15 is 0 Å². The van der Waals surface area contributed by atoms with Crippen molar-refractivity contribution in [2.24, 2.45) is 0 Å². The lowest BCUT2D eigenvalue weighted by Crippen LogP contribution is -2.17. The number of benzene rings is 2. The van der Waals surface area contributed by atoms with Crippen molar-refractivity contribution >= 4 is 46.9 Å². The van der Waals surface area contributed by atoms with Gasteiger partial charge in [-0.3, -0.25) is 9.59 Å². The van der Waals surface area contributed by atoms with Crippen LogP contribution in [0.3, 0.4) is 0 Å². The maximum atomic E-state index is 12.7. The number of carbonyl (C=O) groups is 2. The van der Waals surface area contributed by atoms with Gasteiger partial charge in [0.2, 0.25) is 5.91 Å². The van der Waals surface area contributed by atoms with Crippen LogP contribution in [0.15, 0.2) is 53.4 Å². The quantitative estimate of drug-likeness (QED) is 0.551. The Balaban J connectivity index is 2.08. The minimum absolute atomic E-state index is 0.112. The molecule has 0 heterocycles. The third-order valence-electron chi connectivity index (χ3n) is 3.26. The predicted octanol–water partition coefficient (Wildman–Crippen LogP) is 4.67. The van der Waals surface area contributed by atoms with Gasteiger partial charge in [-0.15, -0.1) is 0 Å². The third-order valence-corrected chi connectivity index (χ3v) is 4.54. The van der Waals surface area contributed by atoms with E-state index < -0.39 is 11.7 Å². The molecule has 0 spiro atoms. The monoisotopic (exact) mass is 396 g/mol. The van der Waals surface area contributed by atoms with Crippen LogP contribution in [0.1, 0.15) is 15.9 Å². The predicted molar refractivity (Wildman–Crippen MR) is 101 cm³/mol. The minimum Gasteiger partial charge on any atom is -0.355 e. The summed E-state index contributed by atoms with van der Waals surface area (Å²) in [6.07, 6.45) is 2.82. The molecule has 0 radical (unpaired) electrons. The summed E-state index contributed by atoms with van der Waals surface area (Å²) in [5, 5.41) is 5.19. The molecule has 2 rings (SSSR count). The van der Waals surface area contributed by atoms with Gasteiger partial charge in [0.1, 0.15) is 0 Å². The first-order valence-electron chi connectivity index (χ1n) is 7.45.